The van der Waals surface area contributed by atoms with Gasteiger partial charge < -0.3 is 10.6 Å². The van der Waals surface area contributed by atoms with E-state index < -0.39 is 0 Å². The van der Waals surface area contributed by atoms with Gasteiger partial charge in [0.15, 0.2) is 0 Å². The van der Waals surface area contributed by atoms with Crippen LogP contribution >= 0.6 is 28.1 Å². The third-order valence-electron chi connectivity index (χ3n) is 2.45. The van der Waals surface area contributed by atoms with Gasteiger partial charge in [-0.1, -0.05) is 19.1 Å². The molecule has 0 saturated carbocycles. The minimum atomic E-state index is 0.204. The van der Waals surface area contributed by atoms with Crippen LogP contribution in [0.15, 0.2) is 22.9 Å². The summed E-state index contributed by atoms with van der Waals surface area (Å²) in [6.45, 7) is 5.89. The van der Waals surface area contributed by atoms with Crippen LogP contribution in [0.3, 0.4) is 0 Å². The van der Waals surface area contributed by atoms with Gasteiger partial charge >= 0.3 is 0 Å². The van der Waals surface area contributed by atoms with Gasteiger partial charge in [0, 0.05) is 31.4 Å². The summed E-state index contributed by atoms with van der Waals surface area (Å²) in [5.74, 6) is 0.204. The van der Waals surface area contributed by atoms with Gasteiger partial charge in [0.05, 0.1) is 15.1 Å². The van der Waals surface area contributed by atoms with Gasteiger partial charge in [0.2, 0.25) is 0 Å². The van der Waals surface area contributed by atoms with Crippen molar-refractivity contribution in [2.45, 2.75) is 13.8 Å². The molecule has 0 saturated heterocycles. The highest BCUT2D eigenvalue weighted by Crippen LogP contribution is 2.25. The van der Waals surface area contributed by atoms with Gasteiger partial charge in [-0.2, -0.15) is 0 Å². The zero-order valence-corrected chi connectivity index (χ0v) is 11.9. The Morgan fingerprint density at radius 1 is 1.69 bits per heavy atom. The molecule has 0 aliphatic carbocycles. The lowest BCUT2D eigenvalue weighted by molar-refractivity contribution is 0.706. The number of nitrogens with zero attached hydrogens (tertiary/aromatic N) is 2. The maximum absolute atomic E-state index is 5.64. The van der Waals surface area contributed by atoms with Crippen molar-refractivity contribution in [3.8, 4) is 0 Å². The number of hydrogen-bond acceptors (Lipinski definition) is 3. The quantitative estimate of drug-likeness (QED) is 0.849. The molecule has 1 aromatic heterocycles. The molecule has 1 heterocycles. The largest absolute Gasteiger partial charge is 0.393 e. The topological polar surface area (TPSA) is 42.1 Å². The summed E-state index contributed by atoms with van der Waals surface area (Å²) in [4.78, 5) is 6.84. The minimum Gasteiger partial charge on any atom is -0.393 e. The molecule has 0 amide bonds. The average molecular weight is 302 g/mol. The fourth-order valence-electron chi connectivity index (χ4n) is 1.44. The van der Waals surface area contributed by atoms with Crippen molar-refractivity contribution in [3.05, 3.63) is 22.9 Å². The Hall–Kier alpha value is -0.680. The molecule has 1 unspecified atom stereocenters. The summed E-state index contributed by atoms with van der Waals surface area (Å²) >= 11 is 8.49. The van der Waals surface area contributed by atoms with Crippen LogP contribution in [0.25, 0.3) is 0 Å². The first-order chi connectivity index (χ1) is 7.56. The second-order valence-electron chi connectivity index (χ2n) is 3.67. The molecule has 2 N–H and O–H groups in total. The number of halogens is 1. The fourth-order valence-corrected chi connectivity index (χ4v) is 2.02. The maximum atomic E-state index is 5.64. The Kier molecular flexibility index (Phi) is 5.15. The molecule has 16 heavy (non-hydrogen) atoms. The van der Waals surface area contributed by atoms with Crippen molar-refractivity contribution >= 4 is 38.8 Å². The van der Waals surface area contributed by atoms with E-state index in [1.807, 2.05) is 13.0 Å². The van der Waals surface area contributed by atoms with E-state index in [9.17, 15) is 0 Å². The highest BCUT2D eigenvalue weighted by Gasteiger charge is 2.13. The van der Waals surface area contributed by atoms with Crippen molar-refractivity contribution in [1.29, 1.82) is 0 Å². The molecule has 88 valence electrons. The molecule has 3 nitrogen and oxygen atoms in total. The molecule has 0 radical (unpaired) electrons. The van der Waals surface area contributed by atoms with Crippen LogP contribution in [0.2, 0.25) is 0 Å². The van der Waals surface area contributed by atoms with E-state index in [0.29, 0.717) is 4.99 Å². The van der Waals surface area contributed by atoms with Crippen LogP contribution in [0.4, 0.5) is 5.69 Å². The predicted molar refractivity (Wildman–Crippen MR) is 75.8 cm³/mol. The van der Waals surface area contributed by atoms with Crippen molar-refractivity contribution < 1.29 is 0 Å². The summed E-state index contributed by atoms with van der Waals surface area (Å²) in [6.07, 6.45) is 3.58. The van der Waals surface area contributed by atoms with Crippen molar-refractivity contribution in [2.24, 2.45) is 11.7 Å². The van der Waals surface area contributed by atoms with E-state index in [1.165, 1.54) is 0 Å². The number of rotatable bonds is 5. The molecule has 1 rings (SSSR count). The number of hydrogen-bond donors (Lipinski definition) is 1. The van der Waals surface area contributed by atoms with Crippen LogP contribution in [0.1, 0.15) is 13.8 Å². The minimum absolute atomic E-state index is 0.204. The van der Waals surface area contributed by atoms with Gasteiger partial charge in [-0.25, -0.2) is 0 Å². The lowest BCUT2D eigenvalue weighted by atomic mass is 10.1. The normalized spacial score (nSPS) is 12.2. The molecule has 0 bridgehead atoms. The van der Waals surface area contributed by atoms with Crippen molar-refractivity contribution in [3.63, 3.8) is 0 Å². The second-order valence-corrected chi connectivity index (χ2v) is 4.99. The molecule has 1 aromatic rings. The predicted octanol–water partition coefficient (Wildman–Crippen LogP) is 2.59. The second kappa shape index (κ2) is 6.15. The Balaban J connectivity index is 2.83. The SMILES string of the molecule is CCN(CC(C)C(N)=S)c1ccncc1Br. The molecule has 0 spiro atoms. The van der Waals surface area contributed by atoms with Gasteiger partial charge in [-0.3, -0.25) is 4.98 Å². The van der Waals surface area contributed by atoms with E-state index in [0.717, 1.165) is 23.2 Å². The molecular weight excluding hydrogens is 286 g/mol. The maximum Gasteiger partial charge on any atom is 0.0773 e. The smallest absolute Gasteiger partial charge is 0.0773 e. The van der Waals surface area contributed by atoms with Gasteiger partial charge in [0.1, 0.15) is 0 Å². The van der Waals surface area contributed by atoms with Crippen molar-refractivity contribution in [1.82, 2.24) is 4.98 Å². The van der Waals surface area contributed by atoms with Crippen molar-refractivity contribution in [2.75, 3.05) is 18.0 Å². The molecule has 0 aliphatic rings. The molecule has 5 heteroatoms. The van der Waals surface area contributed by atoms with Gasteiger partial charge in [-0.05, 0) is 28.9 Å². The summed E-state index contributed by atoms with van der Waals surface area (Å²) < 4.78 is 0.993. The highest BCUT2D eigenvalue weighted by molar-refractivity contribution is 9.10. The third kappa shape index (κ3) is 3.42. The molecule has 1 atom stereocenters. The molecule has 0 aliphatic heterocycles. The molecule has 0 fully saturated rings. The first-order valence-corrected chi connectivity index (χ1v) is 6.40. The van der Waals surface area contributed by atoms with Crippen LogP contribution in [-0.2, 0) is 0 Å². The zero-order valence-electron chi connectivity index (χ0n) is 9.48. The number of anilines is 1. The van der Waals surface area contributed by atoms with E-state index >= 15 is 0 Å². The highest BCUT2D eigenvalue weighted by atomic mass is 79.9. The van der Waals surface area contributed by atoms with Gasteiger partial charge in [0.25, 0.3) is 0 Å². The van der Waals surface area contributed by atoms with Gasteiger partial charge in [-0.15, -0.1) is 0 Å². The Morgan fingerprint density at radius 3 is 2.88 bits per heavy atom. The van der Waals surface area contributed by atoms with E-state index in [-0.39, 0.29) is 5.92 Å². The summed E-state index contributed by atoms with van der Waals surface area (Å²) in [7, 11) is 0. The van der Waals surface area contributed by atoms with Crippen LogP contribution in [0.5, 0.6) is 0 Å². The number of pyridine rings is 1. The number of thiocarbonyl (C=S) groups is 1. The average Bonchev–Trinajstić information content (AvgIpc) is 2.26. The summed E-state index contributed by atoms with van der Waals surface area (Å²) in [5, 5.41) is 0. The zero-order chi connectivity index (χ0) is 12.1. The standard InChI is InChI=1S/C11H16BrN3S/c1-3-15(7-8(2)11(13)16)10-4-5-14-6-9(10)12/h4-6,8H,3,7H2,1-2H3,(H2,13,16). The monoisotopic (exact) mass is 301 g/mol. The number of nitrogens with two attached hydrogens (primary N) is 1. The van der Waals surface area contributed by atoms with E-state index in [1.54, 1.807) is 12.4 Å². The third-order valence-corrected chi connectivity index (χ3v) is 3.47. The molecule has 0 aromatic carbocycles. The van der Waals surface area contributed by atoms with Crippen LogP contribution in [-0.4, -0.2) is 23.1 Å². The fraction of sp³-hybridized carbons (Fsp3) is 0.455. The first kappa shape index (κ1) is 13.4. The summed E-state index contributed by atoms with van der Waals surface area (Å²) in [5.41, 5.74) is 6.76. The first-order valence-electron chi connectivity index (χ1n) is 5.20. The lowest BCUT2D eigenvalue weighted by Gasteiger charge is -2.26. The Morgan fingerprint density at radius 2 is 2.38 bits per heavy atom. The Bertz CT molecular complexity index is 370. The van der Waals surface area contributed by atoms with E-state index in [2.05, 4.69) is 32.7 Å². The Labute approximate surface area is 110 Å². The van der Waals surface area contributed by atoms with Crippen LogP contribution in [0, 0.1) is 5.92 Å². The van der Waals surface area contributed by atoms with Crippen LogP contribution < -0.4 is 10.6 Å². The van der Waals surface area contributed by atoms with E-state index in [4.69, 9.17) is 18.0 Å². The molecular formula is C11H16BrN3S. The number of aromatic nitrogens is 1. The lowest BCUT2D eigenvalue weighted by Crippen LogP contribution is -2.34. The summed E-state index contributed by atoms with van der Waals surface area (Å²) in [6, 6.07) is 1.99.